The standard InChI is InChI=1S/C29H23FN2O2Se/c1-19(22-13-16-24(26(30)17-22)21-7-3-2-4-8-21)28(33)31-18-20-11-14-23(15-12-20)32-29(34)25-9-5-6-10-27(25)35-32/h2-17,19H,18H2,1H3,(H,31,33). The molecule has 0 saturated heterocycles. The van der Waals surface area contributed by atoms with Crippen molar-refractivity contribution >= 4 is 30.3 Å². The Balaban J connectivity index is 1.25. The Hall–Kier alpha value is -3.73. The fourth-order valence-corrected chi connectivity index (χ4v) is 6.13. The van der Waals surface area contributed by atoms with Crippen LogP contribution in [0.25, 0.3) is 26.5 Å². The molecule has 4 aromatic carbocycles. The molecule has 1 heterocycles. The van der Waals surface area contributed by atoms with Crippen LogP contribution < -0.4 is 10.9 Å². The van der Waals surface area contributed by atoms with Crippen molar-refractivity contribution in [3.8, 4) is 16.8 Å². The van der Waals surface area contributed by atoms with Gasteiger partial charge < -0.3 is 0 Å². The van der Waals surface area contributed by atoms with E-state index in [1.54, 1.807) is 19.1 Å². The zero-order valence-electron chi connectivity index (χ0n) is 19.1. The molecular formula is C29H23FN2O2Se. The Morgan fingerprint density at radius 2 is 1.66 bits per heavy atom. The minimum atomic E-state index is -0.489. The number of fused-ring (bicyclic) bond motifs is 1. The predicted octanol–water partition coefficient (Wildman–Crippen LogP) is 5.27. The number of carbonyl (C=O) groups is 1. The molecule has 0 saturated carbocycles. The number of carbonyl (C=O) groups excluding carboxylic acids is 1. The molecular weight excluding hydrogens is 506 g/mol. The molecule has 0 aliphatic rings. The van der Waals surface area contributed by atoms with Crippen molar-refractivity contribution < 1.29 is 9.18 Å². The summed E-state index contributed by atoms with van der Waals surface area (Å²) in [5.74, 6) is -1.00. The number of nitrogens with one attached hydrogen (secondary N) is 1. The third-order valence-electron chi connectivity index (χ3n) is 6.10. The first-order chi connectivity index (χ1) is 17.0. The molecule has 1 atom stereocenters. The van der Waals surface area contributed by atoms with E-state index >= 15 is 0 Å². The number of hydrogen-bond donors (Lipinski definition) is 1. The van der Waals surface area contributed by atoms with Gasteiger partial charge in [-0.1, -0.05) is 30.3 Å². The quantitative estimate of drug-likeness (QED) is 0.305. The summed E-state index contributed by atoms with van der Waals surface area (Å²) in [5.41, 5.74) is 3.76. The van der Waals surface area contributed by atoms with Gasteiger partial charge in [-0.3, -0.25) is 0 Å². The Labute approximate surface area is 208 Å². The van der Waals surface area contributed by atoms with Crippen LogP contribution in [0.15, 0.2) is 102 Å². The van der Waals surface area contributed by atoms with Crippen LogP contribution in [0.4, 0.5) is 4.39 Å². The van der Waals surface area contributed by atoms with Crippen molar-refractivity contribution in [3.05, 3.63) is 124 Å². The molecule has 1 N–H and O–H groups in total. The summed E-state index contributed by atoms with van der Waals surface area (Å²) in [6, 6.07) is 29.7. The summed E-state index contributed by atoms with van der Waals surface area (Å²) in [6.45, 7) is 2.13. The summed E-state index contributed by atoms with van der Waals surface area (Å²) >= 11 is -0.0792. The molecule has 5 aromatic rings. The summed E-state index contributed by atoms with van der Waals surface area (Å²) in [6.07, 6.45) is 0. The fourth-order valence-electron chi connectivity index (χ4n) is 4.04. The maximum absolute atomic E-state index is 14.7. The van der Waals surface area contributed by atoms with Crippen LogP contribution in [0, 0.1) is 5.82 Å². The molecule has 0 fully saturated rings. The van der Waals surface area contributed by atoms with Crippen LogP contribution in [0.2, 0.25) is 0 Å². The van der Waals surface area contributed by atoms with E-state index in [-0.39, 0.29) is 32.0 Å². The van der Waals surface area contributed by atoms with Crippen LogP contribution in [-0.4, -0.2) is 24.2 Å². The third-order valence-corrected chi connectivity index (χ3v) is 8.43. The SMILES string of the molecule is CC(C(=O)NCc1ccc(-n2[se]c3ccccc3c2=O)cc1)c1ccc(-c2ccccc2)c(F)c1. The van der Waals surface area contributed by atoms with Crippen molar-refractivity contribution in [2.45, 2.75) is 19.4 Å². The molecule has 174 valence electrons. The van der Waals surface area contributed by atoms with Gasteiger partial charge in [0.05, 0.1) is 0 Å². The summed E-state index contributed by atoms with van der Waals surface area (Å²) < 4.78 is 17.6. The normalized spacial score (nSPS) is 11.9. The topological polar surface area (TPSA) is 51.1 Å². The van der Waals surface area contributed by atoms with E-state index in [2.05, 4.69) is 5.32 Å². The first kappa shape index (κ1) is 23.0. The van der Waals surface area contributed by atoms with E-state index in [9.17, 15) is 14.0 Å². The second-order valence-corrected chi connectivity index (χ2v) is 10.5. The number of nitrogens with zero attached hydrogens (tertiary/aromatic N) is 1. The molecule has 1 unspecified atom stereocenters. The van der Waals surface area contributed by atoms with E-state index in [1.165, 1.54) is 6.07 Å². The number of aromatic nitrogens is 1. The van der Waals surface area contributed by atoms with Gasteiger partial charge >= 0.3 is 163 Å². The van der Waals surface area contributed by atoms with E-state index < -0.39 is 5.92 Å². The molecule has 0 bridgehead atoms. The van der Waals surface area contributed by atoms with Crippen LogP contribution in [0.1, 0.15) is 24.0 Å². The Bertz CT molecular complexity index is 1560. The number of rotatable bonds is 6. The molecule has 0 aliphatic carbocycles. The molecule has 6 heteroatoms. The van der Waals surface area contributed by atoms with Crippen molar-refractivity contribution in [2.75, 3.05) is 0 Å². The van der Waals surface area contributed by atoms with Gasteiger partial charge in [0.15, 0.2) is 0 Å². The van der Waals surface area contributed by atoms with Gasteiger partial charge in [-0.15, -0.1) is 0 Å². The average molecular weight is 529 g/mol. The van der Waals surface area contributed by atoms with Gasteiger partial charge in [-0.25, -0.2) is 4.39 Å². The van der Waals surface area contributed by atoms with Gasteiger partial charge in [0.2, 0.25) is 0 Å². The van der Waals surface area contributed by atoms with Gasteiger partial charge in [-0.2, -0.15) is 0 Å². The van der Waals surface area contributed by atoms with E-state index in [4.69, 9.17) is 0 Å². The third kappa shape index (κ3) is 4.76. The molecule has 5 rings (SSSR count). The van der Waals surface area contributed by atoms with E-state index in [0.717, 1.165) is 26.5 Å². The van der Waals surface area contributed by atoms with E-state index in [0.29, 0.717) is 17.7 Å². The van der Waals surface area contributed by atoms with Crippen molar-refractivity contribution in [1.82, 2.24) is 8.88 Å². The fraction of sp³-hybridized carbons (Fsp3) is 0.103. The monoisotopic (exact) mass is 530 g/mol. The van der Waals surface area contributed by atoms with Crippen LogP contribution >= 0.6 is 0 Å². The van der Waals surface area contributed by atoms with Gasteiger partial charge in [0.1, 0.15) is 0 Å². The van der Waals surface area contributed by atoms with Crippen LogP contribution in [0.3, 0.4) is 0 Å². The van der Waals surface area contributed by atoms with Crippen molar-refractivity contribution in [3.63, 3.8) is 0 Å². The molecule has 0 aliphatic heterocycles. The Morgan fingerprint density at radius 1 is 0.943 bits per heavy atom. The van der Waals surface area contributed by atoms with Crippen molar-refractivity contribution in [2.24, 2.45) is 0 Å². The molecule has 1 aromatic heterocycles. The van der Waals surface area contributed by atoms with Gasteiger partial charge in [-0.05, 0) is 5.56 Å². The number of hydrogen-bond acceptors (Lipinski definition) is 2. The molecule has 4 nitrogen and oxygen atoms in total. The maximum atomic E-state index is 14.7. The molecule has 0 radical (unpaired) electrons. The zero-order chi connectivity index (χ0) is 24.4. The molecule has 35 heavy (non-hydrogen) atoms. The van der Waals surface area contributed by atoms with E-state index in [1.807, 2.05) is 82.4 Å². The average Bonchev–Trinajstić information content (AvgIpc) is 3.24. The number of benzene rings is 4. The molecule has 1 amide bonds. The zero-order valence-corrected chi connectivity index (χ0v) is 20.8. The Morgan fingerprint density at radius 3 is 2.37 bits per heavy atom. The van der Waals surface area contributed by atoms with Gasteiger partial charge in [0.25, 0.3) is 0 Å². The second kappa shape index (κ2) is 9.87. The van der Waals surface area contributed by atoms with Gasteiger partial charge in [0, 0.05) is 5.56 Å². The number of amides is 1. The van der Waals surface area contributed by atoms with Crippen LogP contribution in [-0.2, 0) is 11.3 Å². The van der Waals surface area contributed by atoms with Crippen LogP contribution in [0.5, 0.6) is 0 Å². The number of halogens is 1. The summed E-state index contributed by atoms with van der Waals surface area (Å²) in [7, 11) is 0. The minimum absolute atomic E-state index is 0.0287. The molecule has 0 spiro atoms. The van der Waals surface area contributed by atoms with Crippen molar-refractivity contribution in [1.29, 1.82) is 0 Å². The summed E-state index contributed by atoms with van der Waals surface area (Å²) in [4.78, 5) is 25.4. The first-order valence-corrected chi connectivity index (χ1v) is 13.0. The predicted molar refractivity (Wildman–Crippen MR) is 139 cm³/mol. The second-order valence-electron chi connectivity index (χ2n) is 8.40. The summed E-state index contributed by atoms with van der Waals surface area (Å²) in [5, 5.41) is 3.71. The first-order valence-electron chi connectivity index (χ1n) is 11.3. The Kier molecular flexibility index (Phi) is 6.49.